The van der Waals surface area contributed by atoms with Crippen LogP contribution in [0.3, 0.4) is 0 Å². The number of carbonyl (C=O) groups excluding carboxylic acids is 3. The predicted molar refractivity (Wildman–Crippen MR) is 73.0 cm³/mol. The lowest BCUT2D eigenvalue weighted by atomic mass is 10.1. The van der Waals surface area contributed by atoms with Gasteiger partial charge in [0.2, 0.25) is 11.6 Å². The highest BCUT2D eigenvalue weighted by molar-refractivity contribution is 9.09. The molecule has 0 unspecified atom stereocenters. The minimum Gasteiger partial charge on any atom is -0.445 e. The fourth-order valence-corrected chi connectivity index (χ4v) is 1.59. The number of alkyl carbamates (subject to hydrolysis) is 1. The van der Waals surface area contributed by atoms with Crippen LogP contribution in [0.15, 0.2) is 30.3 Å². The summed E-state index contributed by atoms with van der Waals surface area (Å²) >= 11 is 2.90. The van der Waals surface area contributed by atoms with Gasteiger partial charge in [-0.3, -0.25) is 9.59 Å². The molecule has 1 amide bonds. The van der Waals surface area contributed by atoms with E-state index in [9.17, 15) is 14.4 Å². The summed E-state index contributed by atoms with van der Waals surface area (Å²) in [6.45, 7) is 1.55. The van der Waals surface area contributed by atoms with Crippen LogP contribution in [0.2, 0.25) is 0 Å². The van der Waals surface area contributed by atoms with Crippen molar-refractivity contribution in [2.24, 2.45) is 0 Å². The van der Waals surface area contributed by atoms with Gasteiger partial charge in [-0.15, -0.1) is 0 Å². The largest absolute Gasteiger partial charge is 0.445 e. The Kier molecular flexibility index (Phi) is 6.21. The van der Waals surface area contributed by atoms with Crippen LogP contribution in [0, 0.1) is 0 Å². The summed E-state index contributed by atoms with van der Waals surface area (Å²) in [6.07, 6.45) is -0.730. The lowest BCUT2D eigenvalue weighted by Crippen LogP contribution is -2.42. The number of hydrogen-bond donors (Lipinski definition) is 1. The fraction of sp³-hybridized carbons (Fsp3) is 0.308. The van der Waals surface area contributed by atoms with Crippen LogP contribution in [0.25, 0.3) is 0 Å². The molecule has 0 radical (unpaired) electrons. The van der Waals surface area contributed by atoms with Crippen molar-refractivity contribution in [2.75, 3.05) is 5.33 Å². The number of rotatable bonds is 6. The number of halogens is 1. The second-order valence-corrected chi connectivity index (χ2v) is 4.41. The molecule has 0 fully saturated rings. The summed E-state index contributed by atoms with van der Waals surface area (Å²) in [6, 6.07) is 8.26. The number of carbonyl (C=O) groups is 3. The first-order chi connectivity index (χ1) is 9.04. The van der Waals surface area contributed by atoms with E-state index in [1.807, 2.05) is 30.3 Å². The van der Waals surface area contributed by atoms with E-state index < -0.39 is 23.7 Å². The van der Waals surface area contributed by atoms with E-state index in [0.29, 0.717) is 0 Å². The Labute approximate surface area is 119 Å². The average molecular weight is 328 g/mol. The Hall–Kier alpha value is -1.69. The summed E-state index contributed by atoms with van der Waals surface area (Å²) in [7, 11) is 0. The average Bonchev–Trinajstić information content (AvgIpc) is 2.44. The molecule has 5 nitrogen and oxygen atoms in total. The fourth-order valence-electron chi connectivity index (χ4n) is 1.31. The van der Waals surface area contributed by atoms with E-state index in [4.69, 9.17) is 4.74 Å². The van der Waals surface area contributed by atoms with Crippen molar-refractivity contribution in [2.45, 2.75) is 19.6 Å². The van der Waals surface area contributed by atoms with E-state index in [1.165, 1.54) is 6.92 Å². The van der Waals surface area contributed by atoms with Crippen molar-refractivity contribution in [3.63, 3.8) is 0 Å². The number of alkyl halides is 1. The molecule has 6 heteroatoms. The monoisotopic (exact) mass is 327 g/mol. The van der Waals surface area contributed by atoms with E-state index in [2.05, 4.69) is 21.2 Å². The van der Waals surface area contributed by atoms with E-state index in [1.54, 1.807) is 0 Å². The van der Waals surface area contributed by atoms with Crippen LogP contribution in [0.1, 0.15) is 12.5 Å². The topological polar surface area (TPSA) is 72.5 Å². The Morgan fingerprint density at radius 3 is 2.47 bits per heavy atom. The van der Waals surface area contributed by atoms with Crippen molar-refractivity contribution in [1.82, 2.24) is 5.32 Å². The summed E-state index contributed by atoms with van der Waals surface area (Å²) in [5.74, 6) is -1.25. The minimum absolute atomic E-state index is 0.0586. The third-order valence-electron chi connectivity index (χ3n) is 2.34. The molecule has 0 saturated carbocycles. The Morgan fingerprint density at radius 2 is 1.89 bits per heavy atom. The van der Waals surface area contributed by atoms with Gasteiger partial charge < -0.3 is 10.1 Å². The van der Waals surface area contributed by atoms with Gasteiger partial charge in [0.25, 0.3) is 0 Å². The molecule has 1 N–H and O–H groups in total. The van der Waals surface area contributed by atoms with Crippen molar-refractivity contribution >= 4 is 33.6 Å². The normalized spacial score (nSPS) is 11.5. The van der Waals surface area contributed by atoms with Gasteiger partial charge in [-0.25, -0.2) is 4.79 Å². The van der Waals surface area contributed by atoms with E-state index in [-0.39, 0.29) is 11.9 Å². The molecule has 1 rings (SSSR count). The smallest absolute Gasteiger partial charge is 0.408 e. The van der Waals surface area contributed by atoms with Gasteiger partial charge in [-0.2, -0.15) is 0 Å². The summed E-state index contributed by atoms with van der Waals surface area (Å²) in [5.41, 5.74) is 0.841. The summed E-state index contributed by atoms with van der Waals surface area (Å²) < 4.78 is 4.94. The number of amides is 1. The lowest BCUT2D eigenvalue weighted by molar-refractivity contribution is -0.135. The van der Waals surface area contributed by atoms with Gasteiger partial charge in [0.1, 0.15) is 6.61 Å². The van der Waals surface area contributed by atoms with Crippen molar-refractivity contribution in [3.8, 4) is 0 Å². The first-order valence-corrected chi connectivity index (χ1v) is 6.77. The molecule has 0 heterocycles. The highest BCUT2D eigenvalue weighted by atomic mass is 79.9. The molecule has 0 aliphatic rings. The van der Waals surface area contributed by atoms with Crippen LogP contribution < -0.4 is 5.32 Å². The second kappa shape index (κ2) is 7.68. The Bertz CT molecular complexity index is 461. The number of ether oxygens (including phenoxy) is 1. The number of Topliss-reactive ketones (excluding diaryl/α,β-unsaturated/α-hetero) is 2. The molecule has 102 valence electrons. The zero-order valence-corrected chi connectivity index (χ0v) is 12.0. The molecule has 0 spiro atoms. The number of ketones is 2. The Balaban J connectivity index is 2.39. The van der Waals surface area contributed by atoms with Gasteiger partial charge in [-0.1, -0.05) is 46.3 Å². The molecule has 0 saturated heterocycles. The van der Waals surface area contributed by atoms with Gasteiger partial charge in [-0.05, 0) is 12.5 Å². The maximum atomic E-state index is 11.4. The van der Waals surface area contributed by atoms with Crippen LogP contribution in [-0.4, -0.2) is 29.0 Å². The molecule has 0 bridgehead atoms. The van der Waals surface area contributed by atoms with Crippen molar-refractivity contribution in [1.29, 1.82) is 0 Å². The molecular weight excluding hydrogens is 314 g/mol. The standard InChI is InChI=1S/C13H14BrNO4/c1-9(12(17)11(16)7-14)15-13(18)19-8-10-5-3-2-4-6-10/h2-6,9H,7-8H2,1H3,(H,15,18)/t9-/m0/s1. The molecule has 1 aromatic rings. The molecule has 1 atom stereocenters. The minimum atomic E-state index is -0.895. The molecule has 0 aromatic heterocycles. The van der Waals surface area contributed by atoms with Crippen LogP contribution in [0.4, 0.5) is 4.79 Å². The van der Waals surface area contributed by atoms with Crippen LogP contribution in [0.5, 0.6) is 0 Å². The maximum absolute atomic E-state index is 11.4. The molecule has 19 heavy (non-hydrogen) atoms. The highest BCUT2D eigenvalue weighted by Gasteiger charge is 2.22. The van der Waals surface area contributed by atoms with Gasteiger partial charge in [0, 0.05) is 0 Å². The van der Waals surface area contributed by atoms with Crippen molar-refractivity contribution < 1.29 is 19.1 Å². The summed E-state index contributed by atoms with van der Waals surface area (Å²) in [4.78, 5) is 34.0. The zero-order chi connectivity index (χ0) is 14.3. The first-order valence-electron chi connectivity index (χ1n) is 5.64. The number of benzene rings is 1. The third-order valence-corrected chi connectivity index (χ3v) is 2.85. The lowest BCUT2D eigenvalue weighted by Gasteiger charge is -2.11. The van der Waals surface area contributed by atoms with E-state index >= 15 is 0 Å². The predicted octanol–water partition coefficient (Wildman–Crippen LogP) is 1.83. The van der Waals surface area contributed by atoms with E-state index in [0.717, 1.165) is 5.56 Å². The maximum Gasteiger partial charge on any atom is 0.408 e. The van der Waals surface area contributed by atoms with Gasteiger partial charge in [0.15, 0.2) is 0 Å². The second-order valence-electron chi connectivity index (χ2n) is 3.85. The van der Waals surface area contributed by atoms with Crippen molar-refractivity contribution in [3.05, 3.63) is 35.9 Å². The first kappa shape index (κ1) is 15.4. The highest BCUT2D eigenvalue weighted by Crippen LogP contribution is 2.01. The third kappa shape index (κ3) is 5.21. The molecule has 0 aliphatic heterocycles. The van der Waals surface area contributed by atoms with Crippen LogP contribution >= 0.6 is 15.9 Å². The zero-order valence-electron chi connectivity index (χ0n) is 10.4. The van der Waals surface area contributed by atoms with Gasteiger partial charge >= 0.3 is 6.09 Å². The quantitative estimate of drug-likeness (QED) is 0.639. The van der Waals surface area contributed by atoms with Gasteiger partial charge in [0.05, 0.1) is 11.4 Å². The van der Waals surface area contributed by atoms with Crippen LogP contribution in [-0.2, 0) is 20.9 Å². The number of nitrogens with one attached hydrogen (secondary N) is 1. The summed E-state index contributed by atoms with van der Waals surface area (Å²) in [5, 5.41) is 2.25. The molecule has 1 aromatic carbocycles. The molecule has 0 aliphatic carbocycles. The SMILES string of the molecule is C[C@H](NC(=O)OCc1ccccc1)C(=O)C(=O)CBr. The number of hydrogen-bond acceptors (Lipinski definition) is 4. The Morgan fingerprint density at radius 1 is 1.26 bits per heavy atom. The molecular formula is C13H14BrNO4.